The summed E-state index contributed by atoms with van der Waals surface area (Å²) in [6.07, 6.45) is 0. The average molecular weight is 484 g/mol. The van der Waals surface area contributed by atoms with Gasteiger partial charge in [0, 0.05) is 30.4 Å². The third kappa shape index (κ3) is 5.57. The van der Waals surface area contributed by atoms with Crippen molar-refractivity contribution >= 4 is 33.1 Å². The van der Waals surface area contributed by atoms with Crippen LogP contribution in [0.5, 0.6) is 5.75 Å². The number of nitrogens with zero attached hydrogens (tertiary/aromatic N) is 4. The first-order valence-corrected chi connectivity index (χ1v) is 12.1. The topological polar surface area (TPSA) is 106 Å². The number of anilines is 1. The molecule has 0 spiro atoms. The standard InChI is InChI=1S/C24H29N5O4S/c1-24(2,3)22-26-27-23(34-22)25-21(30)20(28-31)18-8-9-19(17-7-5-4-6-16(17)18)33-15-12-29-10-13-32-14-11-29/h4-9,20H,10-15H2,1-3H3,(H,25,27,30). The summed E-state index contributed by atoms with van der Waals surface area (Å²) in [5.41, 5.74) is 0.334. The van der Waals surface area contributed by atoms with Crippen LogP contribution in [0.25, 0.3) is 10.8 Å². The van der Waals surface area contributed by atoms with E-state index in [9.17, 15) is 9.70 Å². The lowest BCUT2D eigenvalue weighted by Gasteiger charge is -2.26. The van der Waals surface area contributed by atoms with Gasteiger partial charge in [0.1, 0.15) is 17.4 Å². The highest BCUT2D eigenvalue weighted by molar-refractivity contribution is 7.15. The number of hydrogen-bond acceptors (Lipinski definition) is 9. The number of amides is 1. The highest BCUT2D eigenvalue weighted by Gasteiger charge is 2.27. The molecule has 180 valence electrons. The van der Waals surface area contributed by atoms with Crippen LogP contribution in [0.3, 0.4) is 0 Å². The van der Waals surface area contributed by atoms with Crippen molar-refractivity contribution in [1.29, 1.82) is 0 Å². The molecule has 1 fully saturated rings. The third-order valence-electron chi connectivity index (χ3n) is 5.63. The van der Waals surface area contributed by atoms with Gasteiger partial charge in [-0.15, -0.1) is 15.1 Å². The zero-order valence-electron chi connectivity index (χ0n) is 19.6. The number of aromatic nitrogens is 2. The number of rotatable bonds is 8. The molecule has 1 aliphatic heterocycles. The largest absolute Gasteiger partial charge is 0.492 e. The summed E-state index contributed by atoms with van der Waals surface area (Å²) in [5, 5.41) is 16.7. The number of carbonyl (C=O) groups is 1. The van der Waals surface area contributed by atoms with Gasteiger partial charge in [0.25, 0.3) is 5.91 Å². The molecule has 1 saturated heterocycles. The van der Waals surface area contributed by atoms with Gasteiger partial charge in [0.15, 0.2) is 6.04 Å². The second kappa shape index (κ2) is 10.5. The molecule has 10 heteroatoms. The monoisotopic (exact) mass is 483 g/mol. The lowest BCUT2D eigenvalue weighted by molar-refractivity contribution is -0.117. The molecule has 1 aromatic heterocycles. The molecule has 2 heterocycles. The maximum absolute atomic E-state index is 13.0. The first-order chi connectivity index (χ1) is 16.4. The van der Waals surface area contributed by atoms with E-state index in [1.807, 2.05) is 45.0 Å². The number of nitroso groups, excluding NO2 is 1. The first-order valence-electron chi connectivity index (χ1n) is 11.3. The second-order valence-electron chi connectivity index (χ2n) is 9.16. The van der Waals surface area contributed by atoms with E-state index in [0.717, 1.165) is 48.6 Å². The van der Waals surface area contributed by atoms with Gasteiger partial charge in [0.2, 0.25) is 5.13 Å². The molecule has 1 unspecified atom stereocenters. The molecule has 0 bridgehead atoms. The molecular weight excluding hydrogens is 454 g/mol. The molecule has 1 amide bonds. The molecule has 2 aromatic carbocycles. The summed E-state index contributed by atoms with van der Waals surface area (Å²) in [5.74, 6) is 0.161. The zero-order chi connectivity index (χ0) is 24.1. The minimum Gasteiger partial charge on any atom is -0.492 e. The summed E-state index contributed by atoms with van der Waals surface area (Å²) in [7, 11) is 0. The van der Waals surface area contributed by atoms with Gasteiger partial charge in [-0.05, 0) is 17.0 Å². The van der Waals surface area contributed by atoms with Crippen LogP contribution in [0.2, 0.25) is 0 Å². The molecule has 4 rings (SSSR count). The van der Waals surface area contributed by atoms with Crippen molar-refractivity contribution in [2.24, 2.45) is 5.18 Å². The normalized spacial score (nSPS) is 15.7. The Morgan fingerprint density at radius 1 is 1.18 bits per heavy atom. The van der Waals surface area contributed by atoms with E-state index >= 15 is 0 Å². The van der Waals surface area contributed by atoms with Gasteiger partial charge in [0.05, 0.1) is 13.2 Å². The van der Waals surface area contributed by atoms with E-state index in [-0.39, 0.29) is 5.41 Å². The fourth-order valence-corrected chi connectivity index (χ4v) is 4.57. The van der Waals surface area contributed by atoms with Crippen LogP contribution < -0.4 is 10.1 Å². The van der Waals surface area contributed by atoms with E-state index < -0.39 is 11.9 Å². The van der Waals surface area contributed by atoms with E-state index in [4.69, 9.17) is 9.47 Å². The van der Waals surface area contributed by atoms with Crippen molar-refractivity contribution in [1.82, 2.24) is 15.1 Å². The van der Waals surface area contributed by atoms with E-state index in [1.54, 1.807) is 12.1 Å². The first kappa shape index (κ1) is 24.2. The zero-order valence-corrected chi connectivity index (χ0v) is 20.4. The molecule has 0 radical (unpaired) electrons. The molecule has 0 aliphatic carbocycles. The van der Waals surface area contributed by atoms with Crippen LogP contribution in [0.15, 0.2) is 41.6 Å². The van der Waals surface area contributed by atoms with Crippen molar-refractivity contribution in [3.8, 4) is 5.75 Å². The van der Waals surface area contributed by atoms with Gasteiger partial charge in [-0.3, -0.25) is 15.0 Å². The molecule has 1 atom stereocenters. The molecular formula is C24H29N5O4S. The number of fused-ring (bicyclic) bond motifs is 1. The third-order valence-corrected chi connectivity index (χ3v) is 6.90. The Kier molecular flexibility index (Phi) is 7.50. The molecule has 0 saturated carbocycles. The van der Waals surface area contributed by atoms with Crippen LogP contribution in [-0.4, -0.2) is 60.5 Å². The molecule has 1 aliphatic rings. The molecule has 9 nitrogen and oxygen atoms in total. The maximum atomic E-state index is 13.0. The lowest BCUT2D eigenvalue weighted by Crippen LogP contribution is -2.38. The summed E-state index contributed by atoms with van der Waals surface area (Å²) in [4.78, 5) is 27.1. The van der Waals surface area contributed by atoms with Crippen LogP contribution in [0, 0.1) is 4.91 Å². The molecule has 3 aromatic rings. The van der Waals surface area contributed by atoms with Gasteiger partial charge in [-0.1, -0.05) is 67.6 Å². The smallest absolute Gasteiger partial charge is 0.259 e. The maximum Gasteiger partial charge on any atom is 0.259 e. The number of carbonyl (C=O) groups excluding carboxylic acids is 1. The highest BCUT2D eigenvalue weighted by atomic mass is 32.1. The molecule has 1 N–H and O–H groups in total. The summed E-state index contributed by atoms with van der Waals surface area (Å²) >= 11 is 1.29. The van der Waals surface area contributed by atoms with Gasteiger partial charge >= 0.3 is 0 Å². The van der Waals surface area contributed by atoms with Crippen LogP contribution in [0.1, 0.15) is 37.4 Å². The van der Waals surface area contributed by atoms with E-state index in [1.165, 1.54) is 11.3 Å². The van der Waals surface area contributed by atoms with Crippen molar-refractivity contribution in [3.05, 3.63) is 51.9 Å². The number of benzene rings is 2. The number of nitrogens with one attached hydrogen (secondary N) is 1. The summed E-state index contributed by atoms with van der Waals surface area (Å²) in [6.45, 7) is 10.7. The lowest BCUT2D eigenvalue weighted by atomic mass is 9.98. The van der Waals surface area contributed by atoms with E-state index in [0.29, 0.717) is 23.1 Å². The Labute approximate surface area is 202 Å². The highest BCUT2D eigenvalue weighted by Crippen LogP contribution is 2.34. The summed E-state index contributed by atoms with van der Waals surface area (Å²) < 4.78 is 11.5. The van der Waals surface area contributed by atoms with Crippen molar-refractivity contribution in [2.45, 2.75) is 32.2 Å². The Balaban J connectivity index is 1.51. The van der Waals surface area contributed by atoms with Gasteiger partial charge < -0.3 is 9.47 Å². The van der Waals surface area contributed by atoms with Crippen molar-refractivity contribution in [2.75, 3.05) is 44.8 Å². The number of morpholine rings is 1. The Morgan fingerprint density at radius 3 is 2.59 bits per heavy atom. The Morgan fingerprint density at radius 2 is 1.91 bits per heavy atom. The summed E-state index contributed by atoms with van der Waals surface area (Å²) in [6, 6.07) is 9.86. The van der Waals surface area contributed by atoms with Crippen LogP contribution in [0.4, 0.5) is 5.13 Å². The van der Waals surface area contributed by atoms with Gasteiger partial charge in [-0.2, -0.15) is 0 Å². The second-order valence-corrected chi connectivity index (χ2v) is 10.1. The predicted octanol–water partition coefficient (Wildman–Crippen LogP) is 4.15. The fourth-order valence-electron chi connectivity index (χ4n) is 3.76. The SMILES string of the molecule is CC(C)(C)c1nnc(NC(=O)C(N=O)c2ccc(OCCN3CCOCC3)c3ccccc23)s1. The van der Waals surface area contributed by atoms with Crippen LogP contribution >= 0.6 is 11.3 Å². The van der Waals surface area contributed by atoms with Crippen LogP contribution in [-0.2, 0) is 14.9 Å². The van der Waals surface area contributed by atoms with Crippen molar-refractivity contribution in [3.63, 3.8) is 0 Å². The minimum absolute atomic E-state index is 0.184. The minimum atomic E-state index is -1.23. The van der Waals surface area contributed by atoms with Gasteiger partial charge in [-0.25, -0.2) is 0 Å². The predicted molar refractivity (Wildman–Crippen MR) is 132 cm³/mol. The van der Waals surface area contributed by atoms with E-state index in [2.05, 4.69) is 25.6 Å². The Bertz CT molecular complexity index is 1150. The fraction of sp³-hybridized carbons (Fsp3) is 0.458. The van der Waals surface area contributed by atoms with Crippen molar-refractivity contribution < 1.29 is 14.3 Å². The number of hydrogen-bond donors (Lipinski definition) is 1. The Hall–Kier alpha value is -2.95. The average Bonchev–Trinajstić information content (AvgIpc) is 3.30. The number of ether oxygens (including phenoxy) is 2. The quantitative estimate of drug-likeness (QED) is 0.480. The molecule has 34 heavy (non-hydrogen) atoms.